The number of nitrogens with one attached hydrogen (secondary N) is 1. The van der Waals surface area contributed by atoms with Crippen LogP contribution in [0.4, 0.5) is 5.82 Å². The molecule has 0 fully saturated rings. The lowest BCUT2D eigenvalue weighted by molar-refractivity contribution is 0.0939. The Balaban J connectivity index is 1.74. The molecule has 1 amide bonds. The minimum atomic E-state index is -0.280. The first-order valence-corrected chi connectivity index (χ1v) is 11.3. The highest BCUT2D eigenvalue weighted by molar-refractivity contribution is 6.30. The minimum absolute atomic E-state index is 0.155. The molecule has 7 nitrogen and oxygen atoms in total. The first-order valence-electron chi connectivity index (χ1n) is 10.9. The van der Waals surface area contributed by atoms with E-state index in [0.29, 0.717) is 22.9 Å². The van der Waals surface area contributed by atoms with E-state index in [1.165, 1.54) is 6.20 Å². The molecule has 2 heterocycles. The first kappa shape index (κ1) is 23.5. The van der Waals surface area contributed by atoms with Gasteiger partial charge in [0.2, 0.25) is 0 Å². The molecule has 0 bridgehead atoms. The number of aryl methyl sites for hydroxylation is 2. The van der Waals surface area contributed by atoms with Crippen molar-refractivity contribution in [1.29, 1.82) is 0 Å². The van der Waals surface area contributed by atoms with Crippen LogP contribution in [0.25, 0.3) is 22.3 Å². The second kappa shape index (κ2) is 9.67. The van der Waals surface area contributed by atoms with Crippen LogP contribution in [0.3, 0.4) is 0 Å². The molecular formula is C26H27ClN6O. The molecule has 0 saturated heterocycles. The first-order chi connectivity index (χ1) is 16.2. The Labute approximate surface area is 203 Å². The van der Waals surface area contributed by atoms with Gasteiger partial charge in [-0.25, -0.2) is 4.98 Å². The van der Waals surface area contributed by atoms with E-state index >= 15 is 0 Å². The van der Waals surface area contributed by atoms with Crippen LogP contribution >= 0.6 is 11.6 Å². The second-order valence-electron chi connectivity index (χ2n) is 8.38. The number of rotatable bonds is 6. The molecule has 174 valence electrons. The van der Waals surface area contributed by atoms with Gasteiger partial charge in [0.05, 0.1) is 17.3 Å². The van der Waals surface area contributed by atoms with Gasteiger partial charge in [0, 0.05) is 42.7 Å². The van der Waals surface area contributed by atoms with Crippen LogP contribution in [0.2, 0.25) is 5.02 Å². The van der Waals surface area contributed by atoms with Gasteiger partial charge in [-0.05, 0) is 72.0 Å². The molecule has 1 unspecified atom stereocenters. The molecule has 0 saturated carbocycles. The molecule has 5 N–H and O–H groups in total. The Hall–Kier alpha value is -3.68. The highest BCUT2D eigenvalue weighted by Gasteiger charge is 2.17. The standard InChI is InChI=1S/C26H27ClN6O/c1-15-4-5-17(11-28)6-23(15)26(34)32-16(2)18-7-19(21-12-31-33(3)14-21)9-20(8-18)24-10-22(27)13-30-25(24)29/h4-10,12-14,16H,11,28H2,1-3H3,(H2,29,30)(H,32,34). The third kappa shape index (κ3) is 4.95. The molecule has 4 rings (SSSR count). The minimum Gasteiger partial charge on any atom is -0.383 e. The van der Waals surface area contributed by atoms with Crippen LogP contribution in [0, 0.1) is 6.92 Å². The summed E-state index contributed by atoms with van der Waals surface area (Å²) in [5.74, 6) is 0.224. The van der Waals surface area contributed by atoms with Gasteiger partial charge in [-0.3, -0.25) is 9.48 Å². The van der Waals surface area contributed by atoms with E-state index in [4.69, 9.17) is 23.1 Å². The average molecular weight is 475 g/mol. The molecule has 8 heteroatoms. The maximum atomic E-state index is 13.1. The number of hydrogen-bond acceptors (Lipinski definition) is 5. The van der Waals surface area contributed by atoms with Crippen molar-refractivity contribution in [3.05, 3.63) is 88.3 Å². The zero-order valence-corrected chi connectivity index (χ0v) is 20.1. The summed E-state index contributed by atoms with van der Waals surface area (Å²) in [5, 5.41) is 7.91. The summed E-state index contributed by atoms with van der Waals surface area (Å²) in [6.07, 6.45) is 5.26. The van der Waals surface area contributed by atoms with Crippen molar-refractivity contribution in [3.8, 4) is 22.3 Å². The third-order valence-corrected chi connectivity index (χ3v) is 6.03. The zero-order valence-electron chi connectivity index (χ0n) is 19.3. The van der Waals surface area contributed by atoms with Crippen LogP contribution < -0.4 is 16.8 Å². The number of anilines is 1. The number of carbonyl (C=O) groups is 1. The van der Waals surface area contributed by atoms with Gasteiger partial charge in [0.15, 0.2) is 0 Å². The van der Waals surface area contributed by atoms with Gasteiger partial charge in [0.1, 0.15) is 5.82 Å². The Bertz CT molecular complexity index is 1360. The van der Waals surface area contributed by atoms with Crippen molar-refractivity contribution in [3.63, 3.8) is 0 Å². The van der Waals surface area contributed by atoms with Crippen LogP contribution in [-0.4, -0.2) is 20.7 Å². The summed E-state index contributed by atoms with van der Waals surface area (Å²) in [5.41, 5.74) is 18.7. The van der Waals surface area contributed by atoms with Crippen LogP contribution in [0.1, 0.15) is 40.0 Å². The molecule has 0 spiro atoms. The van der Waals surface area contributed by atoms with Crippen molar-refractivity contribution in [2.24, 2.45) is 12.8 Å². The summed E-state index contributed by atoms with van der Waals surface area (Å²) in [6, 6.07) is 13.3. The highest BCUT2D eigenvalue weighted by Crippen LogP contribution is 2.33. The lowest BCUT2D eigenvalue weighted by atomic mass is 9.94. The van der Waals surface area contributed by atoms with Crippen molar-refractivity contribution < 1.29 is 4.79 Å². The number of benzene rings is 2. The van der Waals surface area contributed by atoms with E-state index in [2.05, 4.69) is 15.4 Å². The van der Waals surface area contributed by atoms with Crippen LogP contribution in [-0.2, 0) is 13.6 Å². The monoisotopic (exact) mass is 474 g/mol. The van der Waals surface area contributed by atoms with Gasteiger partial charge in [-0.2, -0.15) is 5.10 Å². The fourth-order valence-electron chi connectivity index (χ4n) is 3.87. The highest BCUT2D eigenvalue weighted by atomic mass is 35.5. The molecule has 4 aromatic rings. The second-order valence-corrected chi connectivity index (χ2v) is 8.82. The number of carbonyl (C=O) groups excluding carboxylic acids is 1. The molecule has 0 aliphatic heterocycles. The number of pyridine rings is 1. The zero-order chi connectivity index (χ0) is 24.4. The Morgan fingerprint density at radius 3 is 2.59 bits per heavy atom. The normalized spacial score (nSPS) is 11.9. The van der Waals surface area contributed by atoms with Crippen molar-refractivity contribution in [2.45, 2.75) is 26.4 Å². The molecule has 0 aliphatic carbocycles. The summed E-state index contributed by atoms with van der Waals surface area (Å²) in [7, 11) is 1.87. The predicted octanol–water partition coefficient (Wildman–Crippen LogP) is 4.64. The number of nitrogens with zero attached hydrogens (tertiary/aromatic N) is 3. The third-order valence-electron chi connectivity index (χ3n) is 5.82. The average Bonchev–Trinajstić information content (AvgIpc) is 3.27. The number of nitrogens with two attached hydrogens (primary N) is 2. The fraction of sp³-hybridized carbons (Fsp3) is 0.192. The van der Waals surface area contributed by atoms with Crippen LogP contribution in [0.5, 0.6) is 0 Å². The van der Waals surface area contributed by atoms with E-state index < -0.39 is 0 Å². The molecule has 0 radical (unpaired) electrons. The number of nitrogen functional groups attached to an aromatic ring is 1. The molecule has 0 aliphatic rings. The predicted molar refractivity (Wildman–Crippen MR) is 136 cm³/mol. The van der Waals surface area contributed by atoms with Gasteiger partial charge >= 0.3 is 0 Å². The van der Waals surface area contributed by atoms with E-state index in [1.807, 2.05) is 63.5 Å². The summed E-state index contributed by atoms with van der Waals surface area (Å²) < 4.78 is 1.75. The van der Waals surface area contributed by atoms with E-state index in [9.17, 15) is 4.79 Å². The lowest BCUT2D eigenvalue weighted by Crippen LogP contribution is -2.27. The van der Waals surface area contributed by atoms with E-state index in [0.717, 1.165) is 38.9 Å². The number of halogens is 1. The summed E-state index contributed by atoms with van der Waals surface area (Å²) in [4.78, 5) is 17.3. The number of aromatic nitrogens is 3. The van der Waals surface area contributed by atoms with Crippen molar-refractivity contribution in [2.75, 3.05) is 5.73 Å². The quantitative estimate of drug-likeness (QED) is 0.376. The molecule has 2 aromatic carbocycles. The van der Waals surface area contributed by atoms with Gasteiger partial charge < -0.3 is 16.8 Å². The summed E-state index contributed by atoms with van der Waals surface area (Å²) >= 11 is 6.21. The largest absolute Gasteiger partial charge is 0.383 e. The van der Waals surface area contributed by atoms with Crippen molar-refractivity contribution in [1.82, 2.24) is 20.1 Å². The molecule has 2 aromatic heterocycles. The smallest absolute Gasteiger partial charge is 0.252 e. The van der Waals surface area contributed by atoms with Crippen LogP contribution in [0.15, 0.2) is 61.1 Å². The topological polar surface area (TPSA) is 112 Å². The maximum Gasteiger partial charge on any atom is 0.252 e. The fourth-order valence-corrected chi connectivity index (χ4v) is 4.03. The van der Waals surface area contributed by atoms with Crippen molar-refractivity contribution >= 4 is 23.3 Å². The van der Waals surface area contributed by atoms with E-state index in [-0.39, 0.29) is 11.9 Å². The SMILES string of the molecule is Cc1ccc(CN)cc1C(=O)NC(C)c1cc(-c2cnn(C)c2)cc(-c2cc(Cl)cnc2N)c1. The molecule has 34 heavy (non-hydrogen) atoms. The Kier molecular flexibility index (Phi) is 6.68. The summed E-state index contributed by atoms with van der Waals surface area (Å²) in [6.45, 7) is 4.24. The van der Waals surface area contributed by atoms with Gasteiger partial charge in [0.25, 0.3) is 5.91 Å². The molecule has 1 atom stereocenters. The number of hydrogen-bond donors (Lipinski definition) is 3. The molecular weight excluding hydrogens is 448 g/mol. The lowest BCUT2D eigenvalue weighted by Gasteiger charge is -2.18. The maximum absolute atomic E-state index is 13.1. The van der Waals surface area contributed by atoms with Gasteiger partial charge in [-0.15, -0.1) is 0 Å². The Morgan fingerprint density at radius 1 is 1.12 bits per heavy atom. The number of amides is 1. The van der Waals surface area contributed by atoms with Gasteiger partial charge in [-0.1, -0.05) is 23.7 Å². The Morgan fingerprint density at radius 2 is 1.88 bits per heavy atom. The van der Waals surface area contributed by atoms with E-state index in [1.54, 1.807) is 16.9 Å².